The van der Waals surface area contributed by atoms with Crippen molar-refractivity contribution in [3.63, 3.8) is 0 Å². The van der Waals surface area contributed by atoms with Crippen molar-refractivity contribution in [1.82, 2.24) is 20.3 Å². The maximum atomic E-state index is 12.2. The summed E-state index contributed by atoms with van der Waals surface area (Å²) in [6.07, 6.45) is 1.65. The number of carbonyl (C=O) groups excluding carboxylic acids is 2. The fourth-order valence-electron chi connectivity index (χ4n) is 2.25. The van der Waals surface area contributed by atoms with Gasteiger partial charge in [-0.15, -0.1) is 5.10 Å². The van der Waals surface area contributed by atoms with Gasteiger partial charge in [-0.25, -0.2) is 4.79 Å². The molecule has 0 aliphatic rings. The lowest BCUT2D eigenvalue weighted by molar-refractivity contribution is -0.125. The van der Waals surface area contributed by atoms with Gasteiger partial charge in [0.05, 0.1) is 11.4 Å². The van der Waals surface area contributed by atoms with Crippen molar-refractivity contribution in [2.24, 2.45) is 0 Å². The first-order chi connectivity index (χ1) is 11.9. The normalized spacial score (nSPS) is 10.8. The Morgan fingerprint density at radius 2 is 2.00 bits per heavy atom. The number of hydrogen-bond acceptors (Lipinski definition) is 5. The number of aromatic nitrogens is 3. The van der Waals surface area contributed by atoms with Crippen LogP contribution in [0.1, 0.15) is 42.9 Å². The summed E-state index contributed by atoms with van der Waals surface area (Å²) in [6.45, 7) is 5.27. The summed E-state index contributed by atoms with van der Waals surface area (Å²) in [4.78, 5) is 25.3. The van der Waals surface area contributed by atoms with Crippen LogP contribution in [0.2, 0.25) is 5.02 Å². The molecule has 1 aromatic heterocycles. The molecule has 7 nitrogen and oxygen atoms in total. The number of halogens is 1. The molecule has 0 bridgehead atoms. The van der Waals surface area contributed by atoms with Gasteiger partial charge in [-0.1, -0.05) is 31.5 Å². The van der Waals surface area contributed by atoms with E-state index >= 15 is 0 Å². The van der Waals surface area contributed by atoms with Crippen LogP contribution in [0.25, 0.3) is 5.69 Å². The Morgan fingerprint density at radius 1 is 1.28 bits per heavy atom. The van der Waals surface area contributed by atoms with Crippen molar-refractivity contribution in [2.45, 2.75) is 39.7 Å². The van der Waals surface area contributed by atoms with Crippen LogP contribution in [0.4, 0.5) is 0 Å². The van der Waals surface area contributed by atoms with E-state index in [1.165, 1.54) is 4.80 Å². The van der Waals surface area contributed by atoms with Crippen LogP contribution in [0.3, 0.4) is 0 Å². The van der Waals surface area contributed by atoms with Crippen molar-refractivity contribution in [3.05, 3.63) is 40.7 Å². The molecule has 1 amide bonds. The summed E-state index contributed by atoms with van der Waals surface area (Å²) < 4.78 is 5.04. The molecule has 0 unspecified atom stereocenters. The molecule has 8 heteroatoms. The average molecular weight is 365 g/mol. The van der Waals surface area contributed by atoms with Crippen molar-refractivity contribution in [1.29, 1.82) is 0 Å². The largest absolute Gasteiger partial charge is 0.451 e. The molecule has 0 saturated carbocycles. The van der Waals surface area contributed by atoms with Crippen molar-refractivity contribution in [3.8, 4) is 5.69 Å². The van der Waals surface area contributed by atoms with E-state index in [9.17, 15) is 9.59 Å². The van der Waals surface area contributed by atoms with Gasteiger partial charge in [0.15, 0.2) is 12.3 Å². The van der Waals surface area contributed by atoms with Gasteiger partial charge in [0.2, 0.25) is 0 Å². The molecule has 1 heterocycles. The molecule has 0 aliphatic heterocycles. The minimum absolute atomic E-state index is 0.0651. The van der Waals surface area contributed by atoms with Crippen molar-refractivity contribution < 1.29 is 14.3 Å². The smallest absolute Gasteiger partial charge is 0.361 e. The summed E-state index contributed by atoms with van der Waals surface area (Å²) in [5.41, 5.74) is 1.10. The van der Waals surface area contributed by atoms with Crippen molar-refractivity contribution in [2.75, 3.05) is 6.61 Å². The summed E-state index contributed by atoms with van der Waals surface area (Å²) >= 11 is 5.95. The van der Waals surface area contributed by atoms with Gasteiger partial charge < -0.3 is 10.1 Å². The maximum Gasteiger partial charge on any atom is 0.361 e. The van der Waals surface area contributed by atoms with E-state index in [1.54, 1.807) is 31.2 Å². The quantitative estimate of drug-likeness (QED) is 0.763. The van der Waals surface area contributed by atoms with Crippen LogP contribution in [0.5, 0.6) is 0 Å². The van der Waals surface area contributed by atoms with Crippen molar-refractivity contribution >= 4 is 23.5 Å². The number of esters is 1. The summed E-state index contributed by atoms with van der Waals surface area (Å²) in [7, 11) is 0. The third-order valence-electron chi connectivity index (χ3n) is 3.70. The summed E-state index contributed by atoms with van der Waals surface area (Å²) in [6, 6.07) is 7.02. The number of nitrogens with zero attached hydrogens (tertiary/aromatic N) is 3. The molecule has 1 N–H and O–H groups in total. The van der Waals surface area contributed by atoms with Crippen LogP contribution in [-0.4, -0.2) is 39.5 Å². The van der Waals surface area contributed by atoms with Gasteiger partial charge in [-0.2, -0.15) is 9.90 Å². The predicted octanol–water partition coefficient (Wildman–Crippen LogP) is 2.69. The number of amides is 1. The highest BCUT2D eigenvalue weighted by molar-refractivity contribution is 6.30. The van der Waals surface area contributed by atoms with Gasteiger partial charge in [0.25, 0.3) is 5.91 Å². The summed E-state index contributed by atoms with van der Waals surface area (Å²) in [5.74, 6) is -1.02. The molecule has 0 fully saturated rings. The minimum atomic E-state index is -0.689. The van der Waals surface area contributed by atoms with Crippen LogP contribution in [-0.2, 0) is 9.53 Å². The van der Waals surface area contributed by atoms with Crippen LogP contribution >= 0.6 is 11.6 Å². The van der Waals surface area contributed by atoms with E-state index < -0.39 is 5.97 Å². The molecule has 2 rings (SSSR count). The van der Waals surface area contributed by atoms with Gasteiger partial charge >= 0.3 is 5.97 Å². The highest BCUT2D eigenvalue weighted by atomic mass is 35.5. The van der Waals surface area contributed by atoms with Crippen LogP contribution in [0, 0.1) is 6.92 Å². The fourth-order valence-corrected chi connectivity index (χ4v) is 2.43. The molecule has 1 aromatic carbocycles. The maximum absolute atomic E-state index is 12.2. The number of rotatable bonds is 7. The van der Waals surface area contributed by atoms with E-state index in [4.69, 9.17) is 16.3 Å². The zero-order chi connectivity index (χ0) is 18.4. The zero-order valence-corrected chi connectivity index (χ0v) is 15.2. The highest BCUT2D eigenvalue weighted by Crippen LogP contribution is 2.14. The Morgan fingerprint density at radius 3 is 2.64 bits per heavy atom. The molecule has 25 heavy (non-hydrogen) atoms. The number of aryl methyl sites for hydroxylation is 1. The monoisotopic (exact) mass is 364 g/mol. The van der Waals surface area contributed by atoms with Crippen LogP contribution < -0.4 is 5.32 Å². The molecule has 0 radical (unpaired) electrons. The Labute approximate surface area is 151 Å². The molecular formula is C17H21ClN4O3. The van der Waals surface area contributed by atoms with Gasteiger partial charge in [0.1, 0.15) is 0 Å². The van der Waals surface area contributed by atoms with Gasteiger partial charge in [0, 0.05) is 11.1 Å². The Balaban J connectivity index is 2.02. The molecule has 2 aromatic rings. The SMILES string of the molecule is CCC(CC)NC(=O)COC(=O)c1nn(-c2cccc(Cl)c2)nc1C. The molecule has 0 spiro atoms. The molecule has 0 aliphatic carbocycles. The van der Waals surface area contributed by atoms with Gasteiger partial charge in [-0.05, 0) is 38.0 Å². The predicted molar refractivity (Wildman–Crippen MR) is 93.9 cm³/mol. The lowest BCUT2D eigenvalue weighted by Crippen LogP contribution is -2.36. The lowest BCUT2D eigenvalue weighted by Gasteiger charge is -2.14. The molecule has 0 saturated heterocycles. The number of benzene rings is 1. The summed E-state index contributed by atoms with van der Waals surface area (Å²) in [5, 5.41) is 11.7. The standard InChI is InChI=1S/C17H21ClN4O3/c1-4-13(5-2)19-15(23)10-25-17(24)16-11(3)20-22(21-16)14-8-6-7-12(18)9-14/h6-9,13H,4-5,10H2,1-3H3,(H,19,23). The molecular weight excluding hydrogens is 344 g/mol. The first-order valence-electron chi connectivity index (χ1n) is 8.11. The highest BCUT2D eigenvalue weighted by Gasteiger charge is 2.19. The third-order valence-corrected chi connectivity index (χ3v) is 3.93. The second-order valence-corrected chi connectivity index (χ2v) is 6.00. The van der Waals surface area contributed by atoms with Gasteiger partial charge in [-0.3, -0.25) is 4.79 Å². The molecule has 0 atom stereocenters. The minimum Gasteiger partial charge on any atom is -0.451 e. The Bertz CT molecular complexity index is 756. The van der Waals surface area contributed by atoms with E-state index in [0.29, 0.717) is 16.4 Å². The van der Waals surface area contributed by atoms with E-state index in [-0.39, 0.29) is 24.2 Å². The molecule has 134 valence electrons. The lowest BCUT2D eigenvalue weighted by atomic mass is 10.2. The second-order valence-electron chi connectivity index (χ2n) is 5.56. The number of ether oxygens (including phenoxy) is 1. The number of nitrogens with one attached hydrogen (secondary N) is 1. The number of hydrogen-bond donors (Lipinski definition) is 1. The third kappa shape index (κ3) is 5.03. The van der Waals surface area contributed by atoms with E-state index in [1.807, 2.05) is 13.8 Å². The van der Waals surface area contributed by atoms with E-state index in [0.717, 1.165) is 12.8 Å². The number of carbonyl (C=O) groups is 2. The first-order valence-corrected chi connectivity index (χ1v) is 8.48. The Hall–Kier alpha value is -2.41. The Kier molecular flexibility index (Phi) is 6.52. The fraction of sp³-hybridized carbons (Fsp3) is 0.412. The average Bonchev–Trinajstić information content (AvgIpc) is 2.99. The zero-order valence-electron chi connectivity index (χ0n) is 14.5. The first kappa shape index (κ1) is 18.9. The topological polar surface area (TPSA) is 86.1 Å². The van der Waals surface area contributed by atoms with Crippen LogP contribution in [0.15, 0.2) is 24.3 Å². The van der Waals surface area contributed by atoms with E-state index in [2.05, 4.69) is 15.5 Å². The second kappa shape index (κ2) is 8.62.